The summed E-state index contributed by atoms with van der Waals surface area (Å²) in [4.78, 5) is 12.5. The van der Waals surface area contributed by atoms with Gasteiger partial charge in [0, 0.05) is 22.1 Å². The van der Waals surface area contributed by atoms with Crippen LogP contribution in [0.1, 0.15) is 42.7 Å². The minimum atomic E-state index is -4.87. The van der Waals surface area contributed by atoms with E-state index >= 15 is 0 Å². The number of hydrogen-bond donors (Lipinski definition) is 1. The Morgan fingerprint density at radius 1 is 1.00 bits per heavy atom. The minimum absolute atomic E-state index is 0.0371. The number of nitrogens with one attached hydrogen (secondary N) is 1. The SMILES string of the molecule is CC(C)Cc1ccc(-c2ccc(NC(=O)Cc3ccc(C(C)S(=O)[O-])cc3)cc2Cl)c(OC(F)(F)F)c1. The van der Waals surface area contributed by atoms with Crippen molar-refractivity contribution in [3.8, 4) is 16.9 Å². The van der Waals surface area contributed by atoms with E-state index in [0.29, 0.717) is 34.4 Å². The standard InChI is InChI=1S/C27H27ClF3NO4S/c1-16(2)12-19-6-10-23(25(13-19)36-27(29,30)31)22-11-9-21(15-24(22)28)32-26(33)14-18-4-7-20(8-5-18)17(3)37(34)35/h4-11,13,15-17H,12,14H2,1-3H3,(H,32,33)(H,34,35)/p-1. The summed E-state index contributed by atoms with van der Waals surface area (Å²) in [5, 5.41) is 2.20. The third kappa shape index (κ3) is 8.31. The van der Waals surface area contributed by atoms with Gasteiger partial charge >= 0.3 is 6.36 Å². The maximum atomic E-state index is 13.1. The fraction of sp³-hybridized carbons (Fsp3) is 0.296. The maximum Gasteiger partial charge on any atom is 0.573 e. The van der Waals surface area contributed by atoms with Crippen LogP contribution in [0.3, 0.4) is 0 Å². The van der Waals surface area contributed by atoms with Crippen LogP contribution in [-0.4, -0.2) is 21.0 Å². The van der Waals surface area contributed by atoms with Gasteiger partial charge in [-0.1, -0.05) is 67.9 Å². The summed E-state index contributed by atoms with van der Waals surface area (Å²) in [6.07, 6.45) is -4.24. The number of alkyl halides is 3. The number of benzene rings is 3. The predicted molar refractivity (Wildman–Crippen MR) is 138 cm³/mol. The Hall–Kier alpha value is -2.88. The van der Waals surface area contributed by atoms with Crippen molar-refractivity contribution in [3.05, 3.63) is 82.4 Å². The van der Waals surface area contributed by atoms with Crippen LogP contribution >= 0.6 is 11.6 Å². The summed E-state index contributed by atoms with van der Waals surface area (Å²) < 4.78 is 65.8. The van der Waals surface area contributed by atoms with Gasteiger partial charge in [-0.3, -0.25) is 9.00 Å². The summed E-state index contributed by atoms with van der Waals surface area (Å²) >= 11 is 4.17. The Kier molecular flexibility index (Phi) is 9.39. The van der Waals surface area contributed by atoms with Crippen molar-refractivity contribution in [2.75, 3.05) is 5.32 Å². The highest BCUT2D eigenvalue weighted by atomic mass is 35.5. The number of hydrogen-bond acceptors (Lipinski definition) is 4. The number of rotatable bonds is 9. The van der Waals surface area contributed by atoms with Gasteiger partial charge in [-0.2, -0.15) is 0 Å². The number of ether oxygens (including phenoxy) is 1. The largest absolute Gasteiger partial charge is 0.772 e. The van der Waals surface area contributed by atoms with E-state index in [4.69, 9.17) is 11.6 Å². The molecule has 0 radical (unpaired) electrons. The lowest BCUT2D eigenvalue weighted by molar-refractivity contribution is -0.274. The highest BCUT2D eigenvalue weighted by molar-refractivity contribution is 7.79. The van der Waals surface area contributed by atoms with Crippen LogP contribution in [0.25, 0.3) is 11.1 Å². The molecule has 3 rings (SSSR count). The van der Waals surface area contributed by atoms with E-state index in [2.05, 4.69) is 10.1 Å². The molecule has 0 aliphatic heterocycles. The normalized spacial score (nSPS) is 13.3. The minimum Gasteiger partial charge on any atom is -0.772 e. The molecule has 2 unspecified atom stereocenters. The monoisotopic (exact) mass is 552 g/mol. The molecular weight excluding hydrogens is 527 g/mol. The second-order valence-corrected chi connectivity index (χ2v) is 10.7. The molecule has 0 aliphatic carbocycles. The Balaban J connectivity index is 1.77. The summed E-state index contributed by atoms with van der Waals surface area (Å²) in [6, 6.07) is 15.9. The zero-order valence-electron chi connectivity index (χ0n) is 20.4. The average Bonchev–Trinajstić information content (AvgIpc) is 2.78. The fourth-order valence-corrected chi connectivity index (χ4v) is 4.48. The van der Waals surface area contributed by atoms with Gasteiger partial charge in [-0.05, 0) is 65.2 Å². The van der Waals surface area contributed by atoms with E-state index < -0.39 is 22.7 Å². The number of halogens is 4. The van der Waals surface area contributed by atoms with Crippen LogP contribution in [0.2, 0.25) is 5.02 Å². The summed E-state index contributed by atoms with van der Waals surface area (Å²) in [6.45, 7) is 5.50. The lowest BCUT2D eigenvalue weighted by Crippen LogP contribution is -2.18. The van der Waals surface area contributed by atoms with E-state index in [1.54, 1.807) is 49.4 Å². The van der Waals surface area contributed by atoms with Gasteiger partial charge in [0.25, 0.3) is 0 Å². The Bertz CT molecular complexity index is 1280. The first-order chi connectivity index (χ1) is 17.3. The average molecular weight is 553 g/mol. The van der Waals surface area contributed by atoms with Crippen LogP contribution < -0.4 is 10.1 Å². The zero-order valence-corrected chi connectivity index (χ0v) is 22.0. The third-order valence-corrected chi connectivity index (χ3v) is 6.72. The molecule has 1 N–H and O–H groups in total. The Labute approximate surface area is 221 Å². The van der Waals surface area contributed by atoms with E-state index in [0.717, 1.165) is 0 Å². The summed E-state index contributed by atoms with van der Waals surface area (Å²) in [5.74, 6) is -0.431. The van der Waals surface area contributed by atoms with Gasteiger partial charge in [0.1, 0.15) is 5.75 Å². The molecule has 0 aliphatic rings. The number of carbonyl (C=O) groups is 1. The number of anilines is 1. The molecule has 3 aromatic carbocycles. The van der Waals surface area contributed by atoms with Gasteiger partial charge in [0.05, 0.1) is 11.4 Å². The molecular formula is C27H26ClF3NO4S-. The van der Waals surface area contributed by atoms with Crippen molar-refractivity contribution in [3.63, 3.8) is 0 Å². The molecule has 0 fully saturated rings. The molecule has 3 aromatic rings. The molecule has 0 saturated carbocycles. The molecule has 37 heavy (non-hydrogen) atoms. The molecule has 10 heteroatoms. The highest BCUT2D eigenvalue weighted by Crippen LogP contribution is 2.39. The summed E-state index contributed by atoms with van der Waals surface area (Å²) in [7, 11) is 0. The van der Waals surface area contributed by atoms with Crippen molar-refractivity contribution in [1.29, 1.82) is 0 Å². The van der Waals surface area contributed by atoms with Crippen LogP contribution in [0.4, 0.5) is 18.9 Å². The molecule has 0 saturated heterocycles. The quantitative estimate of drug-likeness (QED) is 0.284. The van der Waals surface area contributed by atoms with Gasteiger partial charge in [-0.15, -0.1) is 13.2 Å². The van der Waals surface area contributed by atoms with Gasteiger partial charge < -0.3 is 14.6 Å². The third-order valence-electron chi connectivity index (χ3n) is 5.56. The van der Waals surface area contributed by atoms with Crippen LogP contribution in [-0.2, 0) is 28.7 Å². The molecule has 0 aromatic heterocycles. The molecule has 0 spiro atoms. The first kappa shape index (κ1) is 28.7. The first-order valence-corrected chi connectivity index (χ1v) is 13.0. The van der Waals surface area contributed by atoms with Crippen LogP contribution in [0.15, 0.2) is 60.7 Å². The van der Waals surface area contributed by atoms with E-state index in [-0.39, 0.29) is 34.6 Å². The van der Waals surface area contributed by atoms with E-state index in [1.165, 1.54) is 18.2 Å². The topological polar surface area (TPSA) is 78.5 Å². The molecule has 2 atom stereocenters. The first-order valence-electron chi connectivity index (χ1n) is 11.5. The van der Waals surface area contributed by atoms with Gasteiger partial charge in [0.2, 0.25) is 5.91 Å². The second-order valence-electron chi connectivity index (χ2n) is 9.04. The summed E-state index contributed by atoms with van der Waals surface area (Å²) in [5.41, 5.74) is 2.90. The van der Waals surface area contributed by atoms with Crippen molar-refractivity contribution in [1.82, 2.24) is 0 Å². The van der Waals surface area contributed by atoms with Crippen molar-refractivity contribution in [2.24, 2.45) is 5.92 Å². The molecule has 198 valence electrons. The predicted octanol–water partition coefficient (Wildman–Crippen LogP) is 7.23. The van der Waals surface area contributed by atoms with E-state index in [1.807, 2.05) is 13.8 Å². The Morgan fingerprint density at radius 3 is 2.19 bits per heavy atom. The molecule has 1 amide bonds. The van der Waals surface area contributed by atoms with Crippen LogP contribution in [0.5, 0.6) is 5.75 Å². The van der Waals surface area contributed by atoms with Crippen LogP contribution in [0, 0.1) is 5.92 Å². The fourth-order valence-electron chi connectivity index (χ4n) is 3.82. The van der Waals surface area contributed by atoms with Gasteiger partial charge in [-0.25, -0.2) is 0 Å². The van der Waals surface area contributed by atoms with Crippen molar-refractivity contribution < 1.29 is 31.5 Å². The number of carbonyl (C=O) groups excluding carboxylic acids is 1. The second kappa shape index (κ2) is 12.1. The smallest absolute Gasteiger partial charge is 0.573 e. The highest BCUT2D eigenvalue weighted by Gasteiger charge is 2.32. The lowest BCUT2D eigenvalue weighted by atomic mass is 9.98. The van der Waals surface area contributed by atoms with E-state index in [9.17, 15) is 26.7 Å². The zero-order chi connectivity index (χ0) is 27.3. The van der Waals surface area contributed by atoms with Crippen molar-refractivity contribution >= 4 is 34.3 Å². The van der Waals surface area contributed by atoms with Gasteiger partial charge in [0.15, 0.2) is 0 Å². The Morgan fingerprint density at radius 2 is 1.62 bits per heavy atom. The van der Waals surface area contributed by atoms with Crippen molar-refractivity contribution in [2.45, 2.75) is 45.2 Å². The molecule has 0 heterocycles. The maximum absolute atomic E-state index is 13.1. The number of amides is 1. The molecule has 0 bridgehead atoms. The lowest BCUT2D eigenvalue weighted by Gasteiger charge is -2.17. The molecule has 5 nitrogen and oxygen atoms in total.